The predicted octanol–water partition coefficient (Wildman–Crippen LogP) is 1.93. The first-order valence-electron chi connectivity index (χ1n) is 10.9. The van der Waals surface area contributed by atoms with Gasteiger partial charge in [0.2, 0.25) is 5.95 Å². The molecule has 4 aromatic rings. The summed E-state index contributed by atoms with van der Waals surface area (Å²) in [4.78, 5) is 38.2. The summed E-state index contributed by atoms with van der Waals surface area (Å²) in [6.45, 7) is 3.62. The molecule has 1 aliphatic heterocycles. The Kier molecular flexibility index (Phi) is 6.79. The first kappa shape index (κ1) is 24.0. The fourth-order valence-corrected chi connectivity index (χ4v) is 5.32. The number of aromatic nitrogens is 5. The lowest BCUT2D eigenvalue weighted by Crippen LogP contribution is -2.44. The predicted molar refractivity (Wildman–Crippen MR) is 138 cm³/mol. The van der Waals surface area contributed by atoms with E-state index in [1.807, 2.05) is 28.8 Å². The Balaban J connectivity index is 0.00000274. The second-order valence-corrected chi connectivity index (χ2v) is 9.37. The molecule has 0 spiro atoms. The van der Waals surface area contributed by atoms with E-state index >= 15 is 0 Å². The smallest absolute Gasteiger partial charge is 0.332 e. The molecule has 1 saturated heterocycles. The minimum atomic E-state index is -0.417. The van der Waals surface area contributed by atoms with E-state index in [4.69, 9.17) is 10.7 Å². The van der Waals surface area contributed by atoms with Crippen molar-refractivity contribution in [2.45, 2.75) is 38.9 Å². The van der Waals surface area contributed by atoms with Gasteiger partial charge in [0.15, 0.2) is 11.2 Å². The van der Waals surface area contributed by atoms with Gasteiger partial charge in [-0.2, -0.15) is 4.98 Å². The number of benzene rings is 1. The van der Waals surface area contributed by atoms with Crippen LogP contribution in [-0.4, -0.2) is 42.8 Å². The molecule has 11 heteroatoms. The van der Waals surface area contributed by atoms with Crippen LogP contribution in [-0.2, 0) is 20.1 Å². The van der Waals surface area contributed by atoms with Gasteiger partial charge < -0.3 is 10.6 Å². The first-order valence-corrected chi connectivity index (χ1v) is 11.7. The van der Waals surface area contributed by atoms with Gasteiger partial charge >= 0.3 is 5.69 Å². The summed E-state index contributed by atoms with van der Waals surface area (Å²) in [6, 6.07) is 7.82. The number of hydrogen-bond acceptors (Lipinski definition) is 7. The molecule has 9 nitrogen and oxygen atoms in total. The van der Waals surface area contributed by atoms with Gasteiger partial charge in [-0.3, -0.25) is 18.5 Å². The average molecular weight is 500 g/mol. The van der Waals surface area contributed by atoms with Crippen molar-refractivity contribution in [3.63, 3.8) is 0 Å². The number of anilines is 1. The van der Waals surface area contributed by atoms with Gasteiger partial charge in [-0.15, -0.1) is 29.7 Å². The minimum Gasteiger partial charge on any atom is -0.341 e. The van der Waals surface area contributed by atoms with Crippen LogP contribution in [0.1, 0.15) is 24.8 Å². The van der Waals surface area contributed by atoms with E-state index in [2.05, 4.69) is 21.7 Å². The van der Waals surface area contributed by atoms with Crippen molar-refractivity contribution >= 4 is 51.1 Å². The van der Waals surface area contributed by atoms with E-state index in [1.165, 1.54) is 20.5 Å². The summed E-state index contributed by atoms with van der Waals surface area (Å²) in [5.41, 5.74) is 6.98. The van der Waals surface area contributed by atoms with Gasteiger partial charge in [-0.25, -0.2) is 9.78 Å². The number of piperidine rings is 1. The lowest BCUT2D eigenvalue weighted by Gasteiger charge is -2.31. The van der Waals surface area contributed by atoms with Crippen molar-refractivity contribution < 1.29 is 0 Å². The SMILES string of the molecule is CC#CCn1c(N2CCC[C@@H](N)C2)nc2c1c(=O)n(Cc1nc3ccccc3s1)c(=O)n2C.Cl. The van der Waals surface area contributed by atoms with E-state index in [-0.39, 0.29) is 30.6 Å². The number of para-hydroxylation sites is 1. The van der Waals surface area contributed by atoms with Gasteiger partial charge in [0, 0.05) is 26.2 Å². The second-order valence-electron chi connectivity index (χ2n) is 8.25. The lowest BCUT2D eigenvalue weighted by molar-refractivity contribution is 0.496. The van der Waals surface area contributed by atoms with Gasteiger partial charge in [-0.1, -0.05) is 18.1 Å². The summed E-state index contributed by atoms with van der Waals surface area (Å²) in [5.74, 6) is 6.58. The highest BCUT2D eigenvalue weighted by atomic mass is 35.5. The Labute approximate surface area is 206 Å². The maximum atomic E-state index is 13.6. The molecule has 1 fully saturated rings. The molecule has 2 N–H and O–H groups in total. The lowest BCUT2D eigenvalue weighted by atomic mass is 10.1. The number of rotatable bonds is 4. The fourth-order valence-electron chi connectivity index (χ4n) is 4.36. The van der Waals surface area contributed by atoms with Crippen LogP contribution < -0.4 is 21.9 Å². The van der Waals surface area contributed by atoms with Crippen LogP contribution in [0, 0.1) is 11.8 Å². The monoisotopic (exact) mass is 499 g/mol. The van der Waals surface area contributed by atoms with Crippen molar-refractivity contribution in [1.82, 2.24) is 23.7 Å². The molecule has 0 radical (unpaired) electrons. The van der Waals surface area contributed by atoms with E-state index in [0.29, 0.717) is 35.2 Å². The van der Waals surface area contributed by atoms with Crippen LogP contribution in [0.3, 0.4) is 0 Å². The largest absolute Gasteiger partial charge is 0.341 e. The minimum absolute atomic E-state index is 0. The van der Waals surface area contributed by atoms with E-state index < -0.39 is 5.69 Å². The molecule has 0 aliphatic carbocycles. The molecule has 4 heterocycles. The molecule has 34 heavy (non-hydrogen) atoms. The number of nitrogens with two attached hydrogens (primary N) is 1. The van der Waals surface area contributed by atoms with Crippen molar-refractivity contribution in [3.05, 3.63) is 50.1 Å². The third kappa shape index (κ3) is 4.11. The van der Waals surface area contributed by atoms with Crippen molar-refractivity contribution in [2.24, 2.45) is 12.8 Å². The molecule has 1 atom stereocenters. The van der Waals surface area contributed by atoms with Gasteiger partial charge in [0.05, 0.1) is 23.3 Å². The molecule has 0 saturated carbocycles. The number of halogens is 1. The van der Waals surface area contributed by atoms with E-state index in [9.17, 15) is 9.59 Å². The quantitative estimate of drug-likeness (QED) is 0.430. The number of nitrogens with zero attached hydrogens (tertiary/aromatic N) is 6. The van der Waals surface area contributed by atoms with Gasteiger partial charge in [-0.05, 0) is 31.9 Å². The van der Waals surface area contributed by atoms with E-state index in [0.717, 1.165) is 29.6 Å². The van der Waals surface area contributed by atoms with Crippen LogP contribution in [0.4, 0.5) is 5.95 Å². The van der Waals surface area contributed by atoms with Gasteiger partial charge in [0.1, 0.15) is 5.01 Å². The third-order valence-corrected chi connectivity index (χ3v) is 7.02. The zero-order valence-electron chi connectivity index (χ0n) is 19.0. The van der Waals surface area contributed by atoms with Crippen LogP contribution in [0.25, 0.3) is 21.4 Å². The van der Waals surface area contributed by atoms with Crippen LogP contribution >= 0.6 is 23.7 Å². The van der Waals surface area contributed by atoms with Crippen LogP contribution in [0.2, 0.25) is 0 Å². The highest BCUT2D eigenvalue weighted by Gasteiger charge is 2.26. The van der Waals surface area contributed by atoms with Crippen molar-refractivity contribution in [1.29, 1.82) is 0 Å². The zero-order chi connectivity index (χ0) is 23.1. The number of fused-ring (bicyclic) bond motifs is 2. The van der Waals surface area contributed by atoms with E-state index in [1.54, 1.807) is 14.0 Å². The zero-order valence-corrected chi connectivity index (χ0v) is 20.7. The molecule has 3 aromatic heterocycles. The topological polar surface area (TPSA) is 104 Å². The molecular weight excluding hydrogens is 474 g/mol. The highest BCUT2D eigenvalue weighted by molar-refractivity contribution is 7.18. The Morgan fingerprint density at radius 2 is 2.00 bits per heavy atom. The summed E-state index contributed by atoms with van der Waals surface area (Å²) in [6.07, 6.45) is 1.91. The molecule has 178 valence electrons. The summed E-state index contributed by atoms with van der Waals surface area (Å²) < 4.78 is 5.52. The van der Waals surface area contributed by atoms with Crippen molar-refractivity contribution in [3.8, 4) is 11.8 Å². The maximum Gasteiger partial charge on any atom is 0.332 e. The Bertz CT molecular complexity index is 1510. The Hall–Kier alpha value is -3.13. The third-order valence-electron chi connectivity index (χ3n) is 6.00. The number of imidazole rings is 1. The average Bonchev–Trinajstić information content (AvgIpc) is 3.40. The molecule has 5 rings (SSSR count). The molecular formula is C23H26ClN7O2S. The molecule has 0 unspecified atom stereocenters. The first-order chi connectivity index (χ1) is 16.0. The Morgan fingerprint density at radius 3 is 2.74 bits per heavy atom. The maximum absolute atomic E-state index is 13.6. The highest BCUT2D eigenvalue weighted by Crippen LogP contribution is 2.24. The number of hydrogen-bond donors (Lipinski definition) is 1. The van der Waals surface area contributed by atoms with Crippen molar-refractivity contribution in [2.75, 3.05) is 18.0 Å². The number of aryl methyl sites for hydroxylation is 1. The van der Waals surface area contributed by atoms with Crippen LogP contribution in [0.15, 0.2) is 33.9 Å². The molecule has 0 amide bonds. The standard InChI is InChI=1S/C23H25N7O2S.ClH/c1-3-4-12-29-19-20(26-22(29)28-11-7-8-15(24)13-28)27(2)23(32)30(21(19)31)14-18-25-16-9-5-6-10-17(16)33-18;/h5-6,9-10,15H,7-8,11-14,24H2,1-2H3;1H/t15-;/m1./s1. The number of thiazole rings is 1. The second kappa shape index (κ2) is 9.62. The van der Waals surface area contributed by atoms with Crippen LogP contribution in [0.5, 0.6) is 0 Å². The molecule has 1 aliphatic rings. The van der Waals surface area contributed by atoms with Gasteiger partial charge in [0.25, 0.3) is 5.56 Å². The molecule has 1 aromatic carbocycles. The molecule has 0 bridgehead atoms. The summed E-state index contributed by atoms with van der Waals surface area (Å²) >= 11 is 1.48. The fraction of sp³-hybridized carbons (Fsp3) is 0.391. The summed E-state index contributed by atoms with van der Waals surface area (Å²) in [5, 5.41) is 0.705. The Morgan fingerprint density at radius 1 is 1.21 bits per heavy atom. The summed E-state index contributed by atoms with van der Waals surface area (Å²) in [7, 11) is 1.65. The normalized spacial score (nSPS) is 15.9.